The van der Waals surface area contributed by atoms with Crippen molar-refractivity contribution < 1.29 is 14.3 Å². The Bertz CT molecular complexity index is 1280. The Balaban J connectivity index is 1.43. The van der Waals surface area contributed by atoms with E-state index in [0.29, 0.717) is 18.9 Å². The SMILES string of the molecule is Cc1ccc(COc2nc(N3CCc4ccccc43)ncc2C(=O)NC2CCCNC2=O)cc1C. The van der Waals surface area contributed by atoms with E-state index in [1.54, 1.807) is 0 Å². The molecule has 8 heteroatoms. The number of amides is 2. The third kappa shape index (κ3) is 4.82. The average molecular weight is 472 g/mol. The van der Waals surface area contributed by atoms with E-state index in [-0.39, 0.29) is 24.0 Å². The molecule has 1 unspecified atom stereocenters. The van der Waals surface area contributed by atoms with E-state index in [0.717, 1.165) is 30.6 Å². The quantitative estimate of drug-likeness (QED) is 0.572. The van der Waals surface area contributed by atoms with Crippen molar-refractivity contribution in [2.75, 3.05) is 18.0 Å². The van der Waals surface area contributed by atoms with Crippen LogP contribution in [0.5, 0.6) is 5.88 Å². The van der Waals surface area contributed by atoms with E-state index in [9.17, 15) is 9.59 Å². The van der Waals surface area contributed by atoms with Gasteiger partial charge in [-0.25, -0.2) is 4.98 Å². The van der Waals surface area contributed by atoms with Crippen molar-refractivity contribution in [3.05, 3.63) is 76.5 Å². The molecule has 1 saturated heterocycles. The normalized spacial score (nSPS) is 17.0. The van der Waals surface area contributed by atoms with E-state index < -0.39 is 11.9 Å². The number of nitrogens with one attached hydrogen (secondary N) is 2. The van der Waals surface area contributed by atoms with E-state index in [1.807, 2.05) is 29.2 Å². The van der Waals surface area contributed by atoms with Crippen LogP contribution in [0.3, 0.4) is 0 Å². The first kappa shape index (κ1) is 22.8. The van der Waals surface area contributed by atoms with Gasteiger partial charge in [0.05, 0.1) is 0 Å². The number of hydrogen-bond donors (Lipinski definition) is 2. The lowest BCUT2D eigenvalue weighted by atomic mass is 10.1. The molecule has 0 saturated carbocycles. The van der Waals surface area contributed by atoms with Crippen LogP contribution in [0.4, 0.5) is 11.6 Å². The first-order valence-corrected chi connectivity index (χ1v) is 12.0. The highest BCUT2D eigenvalue weighted by atomic mass is 16.5. The molecular weight excluding hydrogens is 442 g/mol. The highest BCUT2D eigenvalue weighted by Crippen LogP contribution is 2.33. The van der Waals surface area contributed by atoms with Crippen molar-refractivity contribution in [3.63, 3.8) is 0 Å². The smallest absolute Gasteiger partial charge is 0.259 e. The van der Waals surface area contributed by atoms with Crippen LogP contribution >= 0.6 is 0 Å². The third-order valence-electron chi connectivity index (χ3n) is 6.65. The summed E-state index contributed by atoms with van der Waals surface area (Å²) in [6, 6.07) is 13.7. The summed E-state index contributed by atoms with van der Waals surface area (Å²) in [5, 5.41) is 5.61. The second-order valence-corrected chi connectivity index (χ2v) is 9.09. The molecule has 0 aliphatic carbocycles. The second-order valence-electron chi connectivity index (χ2n) is 9.09. The summed E-state index contributed by atoms with van der Waals surface area (Å²) in [6.07, 6.45) is 3.81. The van der Waals surface area contributed by atoms with Gasteiger partial charge in [-0.15, -0.1) is 0 Å². The van der Waals surface area contributed by atoms with Crippen molar-refractivity contribution in [1.29, 1.82) is 0 Å². The predicted molar refractivity (Wildman–Crippen MR) is 133 cm³/mol. The van der Waals surface area contributed by atoms with Crippen molar-refractivity contribution in [3.8, 4) is 5.88 Å². The molecule has 0 bridgehead atoms. The monoisotopic (exact) mass is 471 g/mol. The minimum atomic E-state index is -0.575. The molecular formula is C27H29N5O3. The lowest BCUT2D eigenvalue weighted by Crippen LogP contribution is -2.50. The number of rotatable bonds is 6. The van der Waals surface area contributed by atoms with E-state index in [1.165, 1.54) is 22.9 Å². The Morgan fingerprint density at radius 1 is 1.20 bits per heavy atom. The molecule has 2 aromatic carbocycles. The minimum Gasteiger partial charge on any atom is -0.472 e. The van der Waals surface area contributed by atoms with Crippen LogP contribution in [0, 0.1) is 13.8 Å². The number of ether oxygens (including phenoxy) is 1. The zero-order chi connectivity index (χ0) is 24.4. The maximum Gasteiger partial charge on any atom is 0.259 e. The highest BCUT2D eigenvalue weighted by molar-refractivity contribution is 5.99. The molecule has 1 fully saturated rings. The van der Waals surface area contributed by atoms with Gasteiger partial charge in [-0.2, -0.15) is 4.98 Å². The zero-order valence-corrected chi connectivity index (χ0v) is 20.0. The highest BCUT2D eigenvalue weighted by Gasteiger charge is 2.28. The van der Waals surface area contributed by atoms with Crippen LogP contribution in [0.1, 0.15) is 45.5 Å². The van der Waals surface area contributed by atoms with Gasteiger partial charge in [0.25, 0.3) is 5.91 Å². The number of aromatic nitrogens is 2. The van der Waals surface area contributed by atoms with Gasteiger partial charge in [-0.1, -0.05) is 36.4 Å². The molecule has 2 aliphatic heterocycles. The number of para-hydroxylation sites is 1. The van der Waals surface area contributed by atoms with Crippen molar-refractivity contribution in [1.82, 2.24) is 20.6 Å². The summed E-state index contributed by atoms with van der Waals surface area (Å²) in [5.41, 5.74) is 5.87. The number of nitrogens with zero attached hydrogens (tertiary/aromatic N) is 3. The van der Waals surface area contributed by atoms with Crippen LogP contribution in [0.25, 0.3) is 0 Å². The van der Waals surface area contributed by atoms with E-state index in [2.05, 4.69) is 52.6 Å². The number of fused-ring (bicyclic) bond motifs is 1. The van der Waals surface area contributed by atoms with Gasteiger partial charge in [0, 0.05) is 25.0 Å². The lowest BCUT2D eigenvalue weighted by Gasteiger charge is -2.23. The Kier molecular flexibility index (Phi) is 6.35. The number of carbonyl (C=O) groups is 2. The molecule has 0 spiro atoms. The lowest BCUT2D eigenvalue weighted by molar-refractivity contribution is -0.124. The Morgan fingerprint density at radius 2 is 2.06 bits per heavy atom. The van der Waals surface area contributed by atoms with Crippen LogP contribution in [0.15, 0.2) is 48.7 Å². The summed E-state index contributed by atoms with van der Waals surface area (Å²) >= 11 is 0. The van der Waals surface area contributed by atoms with Gasteiger partial charge < -0.3 is 20.3 Å². The Labute approximate surface area is 204 Å². The van der Waals surface area contributed by atoms with Gasteiger partial charge in [-0.3, -0.25) is 9.59 Å². The average Bonchev–Trinajstić information content (AvgIpc) is 3.30. The fraction of sp³-hybridized carbons (Fsp3) is 0.333. The summed E-state index contributed by atoms with van der Waals surface area (Å²) in [5.74, 6) is 0.0900. The topological polar surface area (TPSA) is 96.4 Å². The van der Waals surface area contributed by atoms with Gasteiger partial charge in [0.15, 0.2) is 0 Å². The van der Waals surface area contributed by atoms with Crippen LogP contribution in [-0.4, -0.2) is 40.9 Å². The van der Waals surface area contributed by atoms with Crippen molar-refractivity contribution in [2.24, 2.45) is 0 Å². The molecule has 180 valence electrons. The number of benzene rings is 2. The molecule has 35 heavy (non-hydrogen) atoms. The van der Waals surface area contributed by atoms with Crippen molar-refractivity contribution >= 4 is 23.5 Å². The first-order chi connectivity index (χ1) is 17.0. The molecule has 8 nitrogen and oxygen atoms in total. The first-order valence-electron chi connectivity index (χ1n) is 12.0. The maximum absolute atomic E-state index is 13.2. The molecule has 2 aliphatic rings. The summed E-state index contributed by atoms with van der Waals surface area (Å²) in [4.78, 5) is 36.5. The van der Waals surface area contributed by atoms with Crippen LogP contribution in [-0.2, 0) is 17.8 Å². The largest absolute Gasteiger partial charge is 0.472 e. The summed E-state index contributed by atoms with van der Waals surface area (Å²) in [6.45, 7) is 5.77. The van der Waals surface area contributed by atoms with Gasteiger partial charge in [0.1, 0.15) is 18.2 Å². The molecule has 2 amide bonds. The van der Waals surface area contributed by atoms with E-state index >= 15 is 0 Å². The standard InChI is InChI=1S/C27H29N5O3/c1-17-9-10-19(14-18(17)2)16-35-26-21(24(33)30-22-7-5-12-28-25(22)34)15-29-27(31-26)32-13-11-20-6-3-4-8-23(20)32/h3-4,6,8-10,14-15,22H,5,7,11-13,16H2,1-2H3,(H,28,34)(H,30,33). The van der Waals surface area contributed by atoms with Gasteiger partial charge >= 0.3 is 0 Å². The number of carbonyl (C=O) groups excluding carboxylic acids is 2. The number of hydrogen-bond acceptors (Lipinski definition) is 6. The Hall–Kier alpha value is -3.94. The third-order valence-corrected chi connectivity index (χ3v) is 6.65. The van der Waals surface area contributed by atoms with Crippen LogP contribution in [0.2, 0.25) is 0 Å². The number of anilines is 2. The van der Waals surface area contributed by atoms with Gasteiger partial charge in [-0.05, 0) is 61.4 Å². The fourth-order valence-electron chi connectivity index (χ4n) is 4.49. The number of aryl methyl sites for hydroxylation is 2. The summed E-state index contributed by atoms with van der Waals surface area (Å²) in [7, 11) is 0. The molecule has 0 radical (unpaired) electrons. The molecule has 3 heterocycles. The molecule has 1 aromatic heterocycles. The fourth-order valence-corrected chi connectivity index (χ4v) is 4.49. The predicted octanol–water partition coefficient (Wildman–Crippen LogP) is 3.38. The Morgan fingerprint density at radius 3 is 2.89 bits per heavy atom. The molecule has 3 aromatic rings. The molecule has 5 rings (SSSR count). The number of piperidine rings is 1. The minimum absolute atomic E-state index is 0.173. The zero-order valence-electron chi connectivity index (χ0n) is 20.0. The van der Waals surface area contributed by atoms with E-state index in [4.69, 9.17) is 4.74 Å². The summed E-state index contributed by atoms with van der Waals surface area (Å²) < 4.78 is 6.10. The maximum atomic E-state index is 13.2. The van der Waals surface area contributed by atoms with Crippen molar-refractivity contribution in [2.45, 2.75) is 45.8 Å². The molecule has 1 atom stereocenters. The van der Waals surface area contributed by atoms with Crippen LogP contribution < -0.4 is 20.3 Å². The molecule has 2 N–H and O–H groups in total. The van der Waals surface area contributed by atoms with Gasteiger partial charge in [0.2, 0.25) is 17.7 Å². The second kappa shape index (κ2) is 9.74.